The highest BCUT2D eigenvalue weighted by Crippen LogP contribution is 2.22. The van der Waals surface area contributed by atoms with Gasteiger partial charge in [-0.25, -0.2) is 9.78 Å². The number of rotatable bonds is 5. The standard InChI is InChI=1S/C23H27N3O3/c1-23(2,3)17-9-6-15(7-10-17)13-26(4)14-20-24-19-12-16(22(28)29-5)8-11-18(19)21(27)25-20/h6-12H,13-14H2,1-5H3,(H,24,25,27). The van der Waals surface area contributed by atoms with Crippen molar-refractivity contribution in [2.24, 2.45) is 0 Å². The first-order valence-corrected chi connectivity index (χ1v) is 9.56. The van der Waals surface area contributed by atoms with Crippen LogP contribution >= 0.6 is 0 Å². The lowest BCUT2D eigenvalue weighted by molar-refractivity contribution is 0.0601. The Hall–Kier alpha value is -2.99. The van der Waals surface area contributed by atoms with Crippen LogP contribution in [0.15, 0.2) is 47.3 Å². The zero-order chi connectivity index (χ0) is 21.2. The summed E-state index contributed by atoms with van der Waals surface area (Å²) in [6, 6.07) is 13.3. The van der Waals surface area contributed by atoms with Crippen molar-refractivity contribution in [3.8, 4) is 0 Å². The topological polar surface area (TPSA) is 75.3 Å². The second-order valence-corrected chi connectivity index (χ2v) is 8.36. The number of benzene rings is 2. The van der Waals surface area contributed by atoms with Gasteiger partial charge in [-0.2, -0.15) is 0 Å². The normalized spacial score (nSPS) is 11.8. The summed E-state index contributed by atoms with van der Waals surface area (Å²) in [5, 5.41) is 0.446. The Kier molecular flexibility index (Phi) is 5.84. The van der Waals surface area contributed by atoms with Crippen LogP contribution in [0, 0.1) is 0 Å². The Morgan fingerprint density at radius 2 is 1.79 bits per heavy atom. The molecule has 3 aromatic rings. The Morgan fingerprint density at radius 3 is 2.41 bits per heavy atom. The van der Waals surface area contributed by atoms with Gasteiger partial charge in [0.25, 0.3) is 5.56 Å². The number of aromatic amines is 1. The number of ether oxygens (including phenoxy) is 1. The number of carbonyl (C=O) groups excluding carboxylic acids is 1. The summed E-state index contributed by atoms with van der Waals surface area (Å²) in [5.74, 6) is 0.102. The van der Waals surface area contributed by atoms with Gasteiger partial charge >= 0.3 is 5.97 Å². The molecule has 0 saturated heterocycles. The van der Waals surface area contributed by atoms with Crippen LogP contribution in [0.4, 0.5) is 0 Å². The zero-order valence-corrected chi connectivity index (χ0v) is 17.6. The molecule has 2 aromatic carbocycles. The molecule has 0 radical (unpaired) electrons. The Balaban J connectivity index is 1.78. The Labute approximate surface area is 170 Å². The number of methoxy groups -OCH3 is 1. The molecule has 1 N–H and O–H groups in total. The van der Waals surface area contributed by atoms with Gasteiger partial charge in [0.05, 0.1) is 30.1 Å². The van der Waals surface area contributed by atoms with Gasteiger partial charge in [-0.3, -0.25) is 9.69 Å². The van der Waals surface area contributed by atoms with Crippen molar-refractivity contribution in [1.29, 1.82) is 0 Å². The lowest BCUT2D eigenvalue weighted by atomic mass is 9.87. The van der Waals surface area contributed by atoms with E-state index >= 15 is 0 Å². The predicted molar refractivity (Wildman–Crippen MR) is 114 cm³/mol. The molecule has 0 fully saturated rings. The van der Waals surface area contributed by atoms with E-state index in [2.05, 4.69) is 59.9 Å². The van der Waals surface area contributed by atoms with E-state index in [1.165, 1.54) is 18.2 Å². The third kappa shape index (κ3) is 4.90. The summed E-state index contributed by atoms with van der Waals surface area (Å²) in [7, 11) is 3.30. The minimum Gasteiger partial charge on any atom is -0.465 e. The molecule has 0 atom stereocenters. The van der Waals surface area contributed by atoms with Gasteiger partial charge in [0.1, 0.15) is 5.82 Å². The molecule has 0 unspecified atom stereocenters. The molecule has 0 spiro atoms. The average molecular weight is 393 g/mol. The molecule has 0 bridgehead atoms. The highest BCUT2D eigenvalue weighted by molar-refractivity contribution is 5.93. The van der Waals surface area contributed by atoms with Crippen LogP contribution in [0.2, 0.25) is 0 Å². The van der Waals surface area contributed by atoms with E-state index < -0.39 is 5.97 Å². The van der Waals surface area contributed by atoms with E-state index in [0.29, 0.717) is 28.8 Å². The van der Waals surface area contributed by atoms with Gasteiger partial charge in [-0.1, -0.05) is 45.0 Å². The molecule has 0 aliphatic rings. The van der Waals surface area contributed by atoms with E-state index in [1.54, 1.807) is 18.2 Å². The van der Waals surface area contributed by atoms with Crippen molar-refractivity contribution in [3.63, 3.8) is 0 Å². The number of hydrogen-bond donors (Lipinski definition) is 1. The number of nitrogens with zero attached hydrogens (tertiary/aromatic N) is 2. The van der Waals surface area contributed by atoms with E-state index in [0.717, 1.165) is 6.54 Å². The van der Waals surface area contributed by atoms with Crippen molar-refractivity contribution >= 4 is 16.9 Å². The summed E-state index contributed by atoms with van der Waals surface area (Å²) in [6.07, 6.45) is 0. The summed E-state index contributed by atoms with van der Waals surface area (Å²) in [5.41, 5.74) is 3.25. The van der Waals surface area contributed by atoms with Crippen LogP contribution in [0.5, 0.6) is 0 Å². The number of hydrogen-bond acceptors (Lipinski definition) is 5. The fourth-order valence-electron chi connectivity index (χ4n) is 3.24. The number of H-pyrrole nitrogens is 1. The third-order valence-electron chi connectivity index (χ3n) is 4.87. The predicted octanol–water partition coefficient (Wildman–Crippen LogP) is 3.64. The minimum atomic E-state index is -0.452. The highest BCUT2D eigenvalue weighted by atomic mass is 16.5. The molecule has 6 heteroatoms. The number of esters is 1. The first-order valence-electron chi connectivity index (χ1n) is 9.56. The molecule has 152 valence electrons. The van der Waals surface area contributed by atoms with Crippen LogP contribution in [0.1, 0.15) is 48.1 Å². The minimum absolute atomic E-state index is 0.127. The van der Waals surface area contributed by atoms with E-state index in [4.69, 9.17) is 4.74 Å². The van der Waals surface area contributed by atoms with Crippen LogP contribution in [-0.2, 0) is 23.2 Å². The molecule has 1 aromatic heterocycles. The second-order valence-electron chi connectivity index (χ2n) is 8.36. The number of carbonyl (C=O) groups is 1. The maximum absolute atomic E-state index is 12.4. The van der Waals surface area contributed by atoms with Gasteiger partial charge < -0.3 is 9.72 Å². The van der Waals surface area contributed by atoms with E-state index in [9.17, 15) is 9.59 Å². The summed E-state index contributed by atoms with van der Waals surface area (Å²) in [6.45, 7) is 7.80. The van der Waals surface area contributed by atoms with E-state index in [1.807, 2.05) is 7.05 Å². The molecule has 0 aliphatic heterocycles. The Morgan fingerprint density at radius 1 is 1.10 bits per heavy atom. The lowest BCUT2D eigenvalue weighted by Gasteiger charge is -2.20. The van der Waals surface area contributed by atoms with Crippen LogP contribution in [0.25, 0.3) is 10.9 Å². The van der Waals surface area contributed by atoms with Gasteiger partial charge in [0.2, 0.25) is 0 Å². The summed E-state index contributed by atoms with van der Waals surface area (Å²) < 4.78 is 4.75. The fraction of sp³-hybridized carbons (Fsp3) is 0.348. The molecule has 0 saturated carbocycles. The van der Waals surface area contributed by atoms with Crippen LogP contribution in [-0.4, -0.2) is 35.0 Å². The van der Waals surface area contributed by atoms with Crippen molar-refractivity contribution in [1.82, 2.24) is 14.9 Å². The molecule has 1 heterocycles. The first kappa shape index (κ1) is 20.7. The largest absolute Gasteiger partial charge is 0.465 e. The molecular weight excluding hydrogens is 366 g/mol. The quantitative estimate of drug-likeness (QED) is 0.670. The fourth-order valence-corrected chi connectivity index (χ4v) is 3.24. The number of nitrogens with one attached hydrogen (secondary N) is 1. The number of fused-ring (bicyclic) bond motifs is 1. The van der Waals surface area contributed by atoms with E-state index in [-0.39, 0.29) is 11.0 Å². The molecule has 3 rings (SSSR count). The van der Waals surface area contributed by atoms with Crippen molar-refractivity contribution in [3.05, 3.63) is 75.3 Å². The average Bonchev–Trinajstić information content (AvgIpc) is 2.66. The maximum atomic E-state index is 12.4. The van der Waals surface area contributed by atoms with Gasteiger partial charge in [0, 0.05) is 6.54 Å². The van der Waals surface area contributed by atoms with Crippen LogP contribution < -0.4 is 5.56 Å². The van der Waals surface area contributed by atoms with Gasteiger partial charge in [-0.05, 0) is 41.8 Å². The van der Waals surface area contributed by atoms with Crippen LogP contribution in [0.3, 0.4) is 0 Å². The first-order chi connectivity index (χ1) is 13.7. The Bertz CT molecular complexity index is 1080. The second kappa shape index (κ2) is 8.17. The third-order valence-corrected chi connectivity index (χ3v) is 4.87. The number of aromatic nitrogens is 2. The smallest absolute Gasteiger partial charge is 0.337 e. The molecule has 6 nitrogen and oxygen atoms in total. The molecular formula is C23H27N3O3. The summed E-state index contributed by atoms with van der Waals surface area (Å²) in [4.78, 5) is 33.6. The zero-order valence-electron chi connectivity index (χ0n) is 17.6. The SMILES string of the molecule is COC(=O)c1ccc2c(=O)[nH]c(CN(C)Cc3ccc(C(C)(C)C)cc3)nc2c1. The molecule has 0 amide bonds. The highest BCUT2D eigenvalue weighted by Gasteiger charge is 2.14. The monoisotopic (exact) mass is 393 g/mol. The molecule has 29 heavy (non-hydrogen) atoms. The maximum Gasteiger partial charge on any atom is 0.337 e. The van der Waals surface area contributed by atoms with Crippen molar-refractivity contribution < 1.29 is 9.53 Å². The molecule has 0 aliphatic carbocycles. The van der Waals surface area contributed by atoms with Crippen molar-refractivity contribution in [2.45, 2.75) is 39.3 Å². The summed E-state index contributed by atoms with van der Waals surface area (Å²) >= 11 is 0. The van der Waals surface area contributed by atoms with Gasteiger partial charge in [-0.15, -0.1) is 0 Å². The van der Waals surface area contributed by atoms with Gasteiger partial charge in [0.15, 0.2) is 0 Å². The van der Waals surface area contributed by atoms with Crippen molar-refractivity contribution in [2.75, 3.05) is 14.2 Å². The lowest BCUT2D eigenvalue weighted by Crippen LogP contribution is -2.22.